The summed E-state index contributed by atoms with van der Waals surface area (Å²) in [6.45, 7) is 3.99. The Morgan fingerprint density at radius 2 is 1.69 bits per heavy atom. The zero-order valence-corrected chi connectivity index (χ0v) is 15.2. The van der Waals surface area contributed by atoms with Crippen LogP contribution in [0.15, 0.2) is 48.5 Å². The lowest BCUT2D eigenvalue weighted by molar-refractivity contribution is -0.121. The minimum Gasteiger partial charge on any atom is -0.497 e. The maximum atomic E-state index is 12.1. The molecule has 2 aromatic rings. The fraction of sp³-hybridized carbons (Fsp3) is 0.381. The number of hydrogen-bond donors (Lipinski definition) is 1. The van der Waals surface area contributed by atoms with Crippen LogP contribution >= 0.6 is 0 Å². The van der Waals surface area contributed by atoms with E-state index in [1.54, 1.807) is 7.11 Å². The van der Waals surface area contributed by atoms with Gasteiger partial charge in [-0.25, -0.2) is 0 Å². The zero-order chi connectivity index (χ0) is 18.2. The monoisotopic (exact) mass is 354 g/mol. The summed E-state index contributed by atoms with van der Waals surface area (Å²) in [5, 5.41) is 2.97. The number of ether oxygens (including phenoxy) is 2. The molecule has 1 saturated heterocycles. The number of carbonyl (C=O) groups excluding carboxylic acids is 1. The molecule has 0 unspecified atom stereocenters. The van der Waals surface area contributed by atoms with Crippen LogP contribution < -0.4 is 15.0 Å². The second kappa shape index (κ2) is 9.25. The summed E-state index contributed by atoms with van der Waals surface area (Å²) in [6, 6.07) is 16.2. The van der Waals surface area contributed by atoms with E-state index >= 15 is 0 Å². The molecule has 26 heavy (non-hydrogen) atoms. The highest BCUT2D eigenvalue weighted by Gasteiger charge is 2.11. The van der Waals surface area contributed by atoms with Crippen molar-refractivity contribution in [2.45, 2.75) is 19.4 Å². The molecule has 5 heteroatoms. The molecular formula is C21H26N2O3. The number of hydrogen-bond acceptors (Lipinski definition) is 4. The van der Waals surface area contributed by atoms with E-state index in [9.17, 15) is 4.79 Å². The van der Waals surface area contributed by atoms with E-state index in [0.29, 0.717) is 13.0 Å². The van der Waals surface area contributed by atoms with E-state index in [-0.39, 0.29) is 5.91 Å². The third-order valence-corrected chi connectivity index (χ3v) is 4.60. The Kier molecular flexibility index (Phi) is 6.50. The van der Waals surface area contributed by atoms with Crippen LogP contribution in [0.2, 0.25) is 0 Å². The lowest BCUT2D eigenvalue weighted by Crippen LogP contribution is -2.36. The van der Waals surface area contributed by atoms with E-state index in [4.69, 9.17) is 9.47 Å². The number of methoxy groups -OCH3 is 1. The average Bonchev–Trinajstić information content (AvgIpc) is 2.72. The highest BCUT2D eigenvalue weighted by Crippen LogP contribution is 2.17. The quantitative estimate of drug-likeness (QED) is 0.831. The number of nitrogens with one attached hydrogen (secondary N) is 1. The second-order valence-electron chi connectivity index (χ2n) is 6.39. The van der Waals surface area contributed by atoms with Gasteiger partial charge in [0.05, 0.1) is 20.3 Å². The van der Waals surface area contributed by atoms with Gasteiger partial charge in [-0.2, -0.15) is 0 Å². The first-order valence-corrected chi connectivity index (χ1v) is 9.06. The number of anilines is 1. The summed E-state index contributed by atoms with van der Waals surface area (Å²) < 4.78 is 10.5. The summed E-state index contributed by atoms with van der Waals surface area (Å²) in [5.41, 5.74) is 3.47. The standard InChI is InChI=1S/C21H26N2O3/c1-25-20-9-4-18(5-10-20)16-22-21(24)11-6-17-2-7-19(8-3-17)23-12-14-26-15-13-23/h2-5,7-10H,6,11-16H2,1H3,(H,22,24). The van der Waals surface area contributed by atoms with Crippen LogP contribution in [0.25, 0.3) is 0 Å². The van der Waals surface area contributed by atoms with Gasteiger partial charge in [-0.15, -0.1) is 0 Å². The number of rotatable bonds is 7. The Bertz CT molecular complexity index is 692. The van der Waals surface area contributed by atoms with Crippen molar-refractivity contribution in [1.29, 1.82) is 0 Å². The number of benzene rings is 2. The van der Waals surface area contributed by atoms with Crippen molar-refractivity contribution in [3.05, 3.63) is 59.7 Å². The molecule has 1 aliphatic rings. The van der Waals surface area contributed by atoms with Crippen LogP contribution in [0, 0.1) is 0 Å². The van der Waals surface area contributed by atoms with Gasteiger partial charge in [0, 0.05) is 31.7 Å². The predicted octanol–water partition coefficient (Wildman–Crippen LogP) is 2.78. The van der Waals surface area contributed by atoms with Gasteiger partial charge in [0.25, 0.3) is 0 Å². The molecule has 1 fully saturated rings. The van der Waals surface area contributed by atoms with Gasteiger partial charge in [0.2, 0.25) is 5.91 Å². The second-order valence-corrected chi connectivity index (χ2v) is 6.39. The van der Waals surface area contributed by atoms with Gasteiger partial charge in [0.15, 0.2) is 0 Å². The summed E-state index contributed by atoms with van der Waals surface area (Å²) in [4.78, 5) is 14.4. The van der Waals surface area contributed by atoms with Crippen molar-refractivity contribution < 1.29 is 14.3 Å². The molecule has 2 aromatic carbocycles. The van der Waals surface area contributed by atoms with Crippen molar-refractivity contribution in [1.82, 2.24) is 5.32 Å². The SMILES string of the molecule is COc1ccc(CNC(=O)CCc2ccc(N3CCOCC3)cc2)cc1. The van der Waals surface area contributed by atoms with Crippen molar-refractivity contribution in [3.8, 4) is 5.75 Å². The Hall–Kier alpha value is -2.53. The fourth-order valence-corrected chi connectivity index (χ4v) is 2.99. The van der Waals surface area contributed by atoms with Crippen molar-refractivity contribution >= 4 is 11.6 Å². The molecule has 1 amide bonds. The van der Waals surface area contributed by atoms with Crippen LogP contribution in [0.5, 0.6) is 5.75 Å². The molecule has 0 aromatic heterocycles. The number of nitrogens with zero attached hydrogens (tertiary/aromatic N) is 1. The first-order chi connectivity index (χ1) is 12.7. The van der Waals surface area contributed by atoms with Crippen LogP contribution in [-0.4, -0.2) is 39.3 Å². The zero-order valence-electron chi connectivity index (χ0n) is 15.2. The molecule has 0 saturated carbocycles. The van der Waals surface area contributed by atoms with E-state index < -0.39 is 0 Å². The first kappa shape index (κ1) is 18.3. The highest BCUT2D eigenvalue weighted by atomic mass is 16.5. The smallest absolute Gasteiger partial charge is 0.220 e. The van der Waals surface area contributed by atoms with Gasteiger partial charge in [0.1, 0.15) is 5.75 Å². The molecule has 0 spiro atoms. The average molecular weight is 354 g/mol. The van der Waals surface area contributed by atoms with Crippen LogP contribution in [0.3, 0.4) is 0 Å². The summed E-state index contributed by atoms with van der Waals surface area (Å²) in [6.07, 6.45) is 1.24. The van der Waals surface area contributed by atoms with Crippen molar-refractivity contribution in [3.63, 3.8) is 0 Å². The maximum absolute atomic E-state index is 12.1. The fourth-order valence-electron chi connectivity index (χ4n) is 2.99. The summed E-state index contributed by atoms with van der Waals surface area (Å²) >= 11 is 0. The molecule has 0 aliphatic carbocycles. The highest BCUT2D eigenvalue weighted by molar-refractivity contribution is 5.76. The summed E-state index contributed by atoms with van der Waals surface area (Å²) in [7, 11) is 1.64. The number of morpholine rings is 1. The van der Waals surface area contributed by atoms with Gasteiger partial charge < -0.3 is 19.7 Å². The van der Waals surface area contributed by atoms with Gasteiger partial charge in [-0.3, -0.25) is 4.79 Å². The number of carbonyl (C=O) groups is 1. The van der Waals surface area contributed by atoms with Gasteiger partial charge >= 0.3 is 0 Å². The molecule has 5 nitrogen and oxygen atoms in total. The van der Waals surface area contributed by atoms with Crippen LogP contribution in [0.4, 0.5) is 5.69 Å². The van der Waals surface area contributed by atoms with Crippen molar-refractivity contribution in [2.75, 3.05) is 38.3 Å². The molecule has 1 N–H and O–H groups in total. The number of aryl methyl sites for hydroxylation is 1. The first-order valence-electron chi connectivity index (χ1n) is 9.06. The number of amides is 1. The Balaban J connectivity index is 1.42. The topological polar surface area (TPSA) is 50.8 Å². The minimum absolute atomic E-state index is 0.0677. The van der Waals surface area contributed by atoms with E-state index in [1.165, 1.54) is 11.3 Å². The third kappa shape index (κ3) is 5.23. The molecule has 138 valence electrons. The van der Waals surface area contributed by atoms with E-state index in [0.717, 1.165) is 44.0 Å². The van der Waals surface area contributed by atoms with Gasteiger partial charge in [-0.1, -0.05) is 24.3 Å². The molecule has 0 atom stereocenters. The molecule has 1 heterocycles. The predicted molar refractivity (Wildman–Crippen MR) is 103 cm³/mol. The van der Waals surface area contributed by atoms with Crippen LogP contribution in [0.1, 0.15) is 17.5 Å². The van der Waals surface area contributed by atoms with Crippen LogP contribution in [-0.2, 0) is 22.5 Å². The molecule has 3 rings (SSSR count). The Morgan fingerprint density at radius 1 is 1.04 bits per heavy atom. The lowest BCUT2D eigenvalue weighted by Gasteiger charge is -2.28. The Labute approximate surface area is 154 Å². The minimum atomic E-state index is 0.0677. The Morgan fingerprint density at radius 3 is 2.35 bits per heavy atom. The molecular weight excluding hydrogens is 328 g/mol. The normalized spacial score (nSPS) is 14.1. The lowest BCUT2D eigenvalue weighted by atomic mass is 10.1. The molecule has 0 radical (unpaired) electrons. The van der Waals surface area contributed by atoms with Gasteiger partial charge in [-0.05, 0) is 41.8 Å². The van der Waals surface area contributed by atoms with E-state index in [1.807, 2.05) is 24.3 Å². The third-order valence-electron chi connectivity index (χ3n) is 4.60. The van der Waals surface area contributed by atoms with Crippen molar-refractivity contribution in [2.24, 2.45) is 0 Å². The largest absolute Gasteiger partial charge is 0.497 e. The molecule has 0 bridgehead atoms. The maximum Gasteiger partial charge on any atom is 0.220 e. The molecule has 1 aliphatic heterocycles. The van der Waals surface area contributed by atoms with E-state index in [2.05, 4.69) is 34.5 Å². The summed E-state index contributed by atoms with van der Waals surface area (Å²) in [5.74, 6) is 0.888.